The van der Waals surface area contributed by atoms with E-state index >= 15 is 0 Å². The predicted molar refractivity (Wildman–Crippen MR) is 95.5 cm³/mol. The molecule has 0 saturated carbocycles. The SMILES string of the molecule is Cc1ccc(Cc2cnc(NC(=O)c3ccccc3)s2)cc1Cl. The molecule has 0 spiro atoms. The summed E-state index contributed by atoms with van der Waals surface area (Å²) in [4.78, 5) is 17.5. The number of aromatic nitrogens is 1. The zero-order valence-corrected chi connectivity index (χ0v) is 14.1. The van der Waals surface area contributed by atoms with Crippen molar-refractivity contribution in [2.45, 2.75) is 13.3 Å². The van der Waals surface area contributed by atoms with Gasteiger partial charge in [-0.05, 0) is 36.2 Å². The van der Waals surface area contributed by atoms with Crippen molar-refractivity contribution >= 4 is 34.0 Å². The summed E-state index contributed by atoms with van der Waals surface area (Å²) < 4.78 is 0. The average molecular weight is 343 g/mol. The lowest BCUT2D eigenvalue weighted by Gasteiger charge is -2.02. The highest BCUT2D eigenvalue weighted by molar-refractivity contribution is 7.15. The van der Waals surface area contributed by atoms with Crippen LogP contribution in [-0.2, 0) is 6.42 Å². The summed E-state index contributed by atoms with van der Waals surface area (Å²) in [5.74, 6) is -0.148. The molecule has 3 aromatic rings. The molecule has 1 heterocycles. The Morgan fingerprint density at radius 3 is 2.74 bits per heavy atom. The van der Waals surface area contributed by atoms with E-state index in [1.165, 1.54) is 11.3 Å². The van der Waals surface area contributed by atoms with Crippen LogP contribution in [-0.4, -0.2) is 10.9 Å². The zero-order chi connectivity index (χ0) is 16.2. The van der Waals surface area contributed by atoms with E-state index in [4.69, 9.17) is 11.6 Å². The van der Waals surface area contributed by atoms with Crippen LogP contribution in [0.4, 0.5) is 5.13 Å². The zero-order valence-electron chi connectivity index (χ0n) is 12.5. The van der Waals surface area contributed by atoms with E-state index in [2.05, 4.69) is 16.4 Å². The number of benzene rings is 2. The molecule has 0 aliphatic carbocycles. The number of halogens is 1. The Kier molecular flexibility index (Phi) is 4.74. The van der Waals surface area contributed by atoms with Crippen molar-refractivity contribution in [3.05, 3.63) is 81.3 Å². The minimum atomic E-state index is -0.148. The number of rotatable bonds is 4. The molecule has 1 aromatic heterocycles. The number of thiazole rings is 1. The highest BCUT2D eigenvalue weighted by Gasteiger charge is 2.09. The lowest BCUT2D eigenvalue weighted by atomic mass is 10.1. The van der Waals surface area contributed by atoms with Crippen LogP contribution >= 0.6 is 22.9 Å². The maximum absolute atomic E-state index is 12.1. The number of anilines is 1. The Hall–Kier alpha value is -2.17. The van der Waals surface area contributed by atoms with Crippen LogP contribution in [0.1, 0.15) is 26.4 Å². The van der Waals surface area contributed by atoms with E-state index in [0.717, 1.165) is 27.4 Å². The summed E-state index contributed by atoms with van der Waals surface area (Å²) in [6, 6.07) is 15.1. The van der Waals surface area contributed by atoms with Crippen LogP contribution in [0.5, 0.6) is 0 Å². The van der Waals surface area contributed by atoms with Gasteiger partial charge in [-0.15, -0.1) is 11.3 Å². The predicted octanol–water partition coefficient (Wildman–Crippen LogP) is 4.95. The number of amides is 1. The van der Waals surface area contributed by atoms with E-state index in [-0.39, 0.29) is 5.91 Å². The molecular weight excluding hydrogens is 328 g/mol. The van der Waals surface area contributed by atoms with Crippen molar-refractivity contribution in [1.82, 2.24) is 4.98 Å². The molecular formula is C18H15ClN2OS. The first-order chi connectivity index (χ1) is 11.1. The second-order valence-electron chi connectivity index (χ2n) is 5.21. The highest BCUT2D eigenvalue weighted by atomic mass is 35.5. The van der Waals surface area contributed by atoms with Gasteiger partial charge in [-0.1, -0.05) is 41.9 Å². The second kappa shape index (κ2) is 6.94. The fourth-order valence-electron chi connectivity index (χ4n) is 2.15. The minimum absolute atomic E-state index is 0.148. The first-order valence-corrected chi connectivity index (χ1v) is 8.37. The van der Waals surface area contributed by atoms with Gasteiger partial charge in [0.1, 0.15) is 0 Å². The largest absolute Gasteiger partial charge is 0.298 e. The molecule has 23 heavy (non-hydrogen) atoms. The summed E-state index contributed by atoms with van der Waals surface area (Å²) in [6.07, 6.45) is 2.54. The number of carbonyl (C=O) groups excluding carboxylic acids is 1. The van der Waals surface area contributed by atoms with Crippen molar-refractivity contribution in [2.24, 2.45) is 0 Å². The lowest BCUT2D eigenvalue weighted by molar-refractivity contribution is 0.102. The molecule has 0 aliphatic rings. The van der Waals surface area contributed by atoms with Gasteiger partial charge in [0.2, 0.25) is 0 Å². The molecule has 0 saturated heterocycles. The van der Waals surface area contributed by atoms with Gasteiger partial charge >= 0.3 is 0 Å². The molecule has 0 aliphatic heterocycles. The topological polar surface area (TPSA) is 42.0 Å². The highest BCUT2D eigenvalue weighted by Crippen LogP contribution is 2.24. The van der Waals surface area contributed by atoms with Crippen molar-refractivity contribution in [3.8, 4) is 0 Å². The van der Waals surface area contributed by atoms with E-state index in [1.807, 2.05) is 37.3 Å². The molecule has 5 heteroatoms. The average Bonchev–Trinajstić information content (AvgIpc) is 2.99. The Labute approximate surface area is 144 Å². The molecule has 0 atom stereocenters. The van der Waals surface area contributed by atoms with Gasteiger partial charge in [0.25, 0.3) is 5.91 Å². The van der Waals surface area contributed by atoms with E-state index < -0.39 is 0 Å². The number of nitrogens with one attached hydrogen (secondary N) is 1. The number of nitrogens with zero attached hydrogens (tertiary/aromatic N) is 1. The van der Waals surface area contributed by atoms with Gasteiger partial charge < -0.3 is 0 Å². The maximum Gasteiger partial charge on any atom is 0.257 e. The van der Waals surface area contributed by atoms with E-state index in [1.54, 1.807) is 18.3 Å². The summed E-state index contributed by atoms with van der Waals surface area (Å²) in [7, 11) is 0. The number of aryl methyl sites for hydroxylation is 1. The Bertz CT molecular complexity index is 830. The monoisotopic (exact) mass is 342 g/mol. The van der Waals surface area contributed by atoms with Gasteiger partial charge in [0.05, 0.1) is 0 Å². The summed E-state index contributed by atoms with van der Waals surface area (Å²) in [5.41, 5.74) is 2.82. The van der Waals surface area contributed by atoms with Crippen LogP contribution in [0.3, 0.4) is 0 Å². The Balaban J connectivity index is 1.68. The van der Waals surface area contributed by atoms with Crippen molar-refractivity contribution < 1.29 is 4.79 Å². The molecule has 3 rings (SSSR count). The van der Waals surface area contributed by atoms with E-state index in [9.17, 15) is 4.79 Å². The summed E-state index contributed by atoms with van der Waals surface area (Å²) >= 11 is 7.63. The molecule has 2 aromatic carbocycles. The fraction of sp³-hybridized carbons (Fsp3) is 0.111. The third kappa shape index (κ3) is 3.97. The molecule has 0 bridgehead atoms. The maximum atomic E-state index is 12.1. The van der Waals surface area contributed by atoms with Gasteiger partial charge in [-0.3, -0.25) is 10.1 Å². The molecule has 0 radical (unpaired) electrons. The third-order valence-corrected chi connectivity index (χ3v) is 4.74. The number of hydrogen-bond donors (Lipinski definition) is 1. The molecule has 1 amide bonds. The van der Waals surface area contributed by atoms with Crippen molar-refractivity contribution in [1.29, 1.82) is 0 Å². The number of hydrogen-bond acceptors (Lipinski definition) is 3. The molecule has 1 N–H and O–H groups in total. The molecule has 0 unspecified atom stereocenters. The van der Waals surface area contributed by atoms with Gasteiger partial charge in [-0.2, -0.15) is 0 Å². The number of carbonyl (C=O) groups is 1. The first kappa shape index (κ1) is 15.7. The van der Waals surface area contributed by atoms with Crippen LogP contribution in [0, 0.1) is 6.92 Å². The summed E-state index contributed by atoms with van der Waals surface area (Å²) in [6.45, 7) is 1.98. The minimum Gasteiger partial charge on any atom is -0.298 e. The first-order valence-electron chi connectivity index (χ1n) is 7.18. The smallest absolute Gasteiger partial charge is 0.257 e. The Morgan fingerprint density at radius 2 is 2.00 bits per heavy atom. The van der Waals surface area contributed by atoms with Gasteiger partial charge in [0, 0.05) is 28.1 Å². The molecule has 3 nitrogen and oxygen atoms in total. The standard InChI is InChI=1S/C18H15ClN2OS/c1-12-7-8-13(10-16(12)19)9-15-11-20-18(23-15)21-17(22)14-5-3-2-4-6-14/h2-8,10-11H,9H2,1H3,(H,20,21,22). The quantitative estimate of drug-likeness (QED) is 0.729. The van der Waals surface area contributed by atoms with Crippen LogP contribution in [0.15, 0.2) is 54.7 Å². The van der Waals surface area contributed by atoms with Crippen LogP contribution < -0.4 is 5.32 Å². The van der Waals surface area contributed by atoms with Gasteiger partial charge in [0.15, 0.2) is 5.13 Å². The normalized spacial score (nSPS) is 10.5. The van der Waals surface area contributed by atoms with Crippen LogP contribution in [0.2, 0.25) is 5.02 Å². The molecule has 0 fully saturated rings. The van der Waals surface area contributed by atoms with E-state index in [0.29, 0.717) is 10.7 Å². The van der Waals surface area contributed by atoms with Gasteiger partial charge in [-0.25, -0.2) is 4.98 Å². The summed E-state index contributed by atoms with van der Waals surface area (Å²) in [5, 5.41) is 4.20. The third-order valence-electron chi connectivity index (χ3n) is 3.42. The van der Waals surface area contributed by atoms with Crippen molar-refractivity contribution in [2.75, 3.05) is 5.32 Å². The van der Waals surface area contributed by atoms with Crippen LogP contribution in [0.25, 0.3) is 0 Å². The molecule has 116 valence electrons. The second-order valence-corrected chi connectivity index (χ2v) is 6.73. The Morgan fingerprint density at radius 1 is 1.22 bits per heavy atom. The lowest BCUT2D eigenvalue weighted by Crippen LogP contribution is -2.11. The fourth-order valence-corrected chi connectivity index (χ4v) is 3.20. The van der Waals surface area contributed by atoms with Crippen molar-refractivity contribution in [3.63, 3.8) is 0 Å².